The van der Waals surface area contributed by atoms with Gasteiger partial charge in [0.1, 0.15) is 0 Å². The van der Waals surface area contributed by atoms with E-state index in [0.717, 1.165) is 19.5 Å². The maximum Gasteiger partial charge on any atom is 0.246 e. The van der Waals surface area contributed by atoms with Gasteiger partial charge in [0.15, 0.2) is 0 Å². The highest BCUT2D eigenvalue weighted by Gasteiger charge is 2.38. The molecule has 16 heavy (non-hydrogen) atoms. The van der Waals surface area contributed by atoms with Crippen LogP contribution in [0, 0.1) is 0 Å². The van der Waals surface area contributed by atoms with Crippen LogP contribution in [0.2, 0.25) is 0 Å². The van der Waals surface area contributed by atoms with Crippen molar-refractivity contribution in [2.75, 3.05) is 27.2 Å². The van der Waals surface area contributed by atoms with Gasteiger partial charge in [-0.1, -0.05) is 0 Å². The third kappa shape index (κ3) is 2.10. The van der Waals surface area contributed by atoms with Crippen molar-refractivity contribution in [3.8, 4) is 0 Å². The minimum atomic E-state index is -0.250. The van der Waals surface area contributed by atoms with Gasteiger partial charge in [0.05, 0.1) is 12.5 Å². The van der Waals surface area contributed by atoms with Crippen LogP contribution >= 0.6 is 0 Å². The van der Waals surface area contributed by atoms with E-state index in [-0.39, 0.29) is 17.9 Å². The fourth-order valence-electron chi connectivity index (χ4n) is 2.47. The Morgan fingerprint density at radius 1 is 1.50 bits per heavy atom. The van der Waals surface area contributed by atoms with Crippen LogP contribution in [0.15, 0.2) is 0 Å². The first-order valence-corrected chi connectivity index (χ1v) is 5.83. The maximum absolute atomic E-state index is 11.8. The molecule has 0 saturated carbocycles. The molecule has 2 atom stereocenters. The summed E-state index contributed by atoms with van der Waals surface area (Å²) in [5, 5.41) is 3.40. The van der Waals surface area contributed by atoms with Crippen molar-refractivity contribution in [1.29, 1.82) is 0 Å². The summed E-state index contributed by atoms with van der Waals surface area (Å²) in [7, 11) is 3.49. The molecule has 2 unspecified atom stereocenters. The van der Waals surface area contributed by atoms with Crippen molar-refractivity contribution in [1.82, 2.24) is 15.1 Å². The smallest absolute Gasteiger partial charge is 0.246 e. The number of rotatable bonds is 3. The SMILES string of the molecule is CN1C(=O)CC(N(C)CC2CCCN2)C1=O. The Labute approximate surface area is 95.8 Å². The van der Waals surface area contributed by atoms with Gasteiger partial charge in [0.25, 0.3) is 0 Å². The van der Waals surface area contributed by atoms with Gasteiger partial charge in [-0.25, -0.2) is 0 Å². The molecule has 0 aromatic carbocycles. The third-order valence-corrected chi connectivity index (χ3v) is 3.56. The molecule has 2 fully saturated rings. The summed E-state index contributed by atoms with van der Waals surface area (Å²) in [6.07, 6.45) is 2.70. The van der Waals surface area contributed by atoms with E-state index in [4.69, 9.17) is 0 Å². The minimum absolute atomic E-state index is 0.0644. The van der Waals surface area contributed by atoms with Gasteiger partial charge < -0.3 is 5.32 Å². The molecular formula is C11H19N3O2. The summed E-state index contributed by atoms with van der Waals surface area (Å²) < 4.78 is 0. The van der Waals surface area contributed by atoms with Crippen LogP contribution in [0.4, 0.5) is 0 Å². The number of imide groups is 1. The molecule has 90 valence electrons. The maximum atomic E-state index is 11.8. The molecule has 2 rings (SSSR count). The average Bonchev–Trinajstić information content (AvgIpc) is 2.83. The average molecular weight is 225 g/mol. The molecule has 0 spiro atoms. The number of carbonyl (C=O) groups excluding carboxylic acids is 2. The highest BCUT2D eigenvalue weighted by molar-refractivity contribution is 6.05. The van der Waals surface area contributed by atoms with Crippen LogP contribution in [0.3, 0.4) is 0 Å². The molecule has 0 aromatic rings. The van der Waals surface area contributed by atoms with E-state index >= 15 is 0 Å². The Bertz CT molecular complexity index is 300. The molecule has 2 saturated heterocycles. The Morgan fingerprint density at radius 2 is 2.25 bits per heavy atom. The predicted octanol–water partition coefficient (Wildman–Crippen LogP) is -0.572. The fourth-order valence-corrected chi connectivity index (χ4v) is 2.47. The number of likely N-dealkylation sites (tertiary alicyclic amines) is 1. The van der Waals surface area contributed by atoms with Crippen molar-refractivity contribution in [3.05, 3.63) is 0 Å². The Kier molecular flexibility index (Phi) is 3.25. The van der Waals surface area contributed by atoms with Gasteiger partial charge in [-0.2, -0.15) is 0 Å². The van der Waals surface area contributed by atoms with Crippen molar-refractivity contribution >= 4 is 11.8 Å². The lowest BCUT2D eigenvalue weighted by Gasteiger charge is -2.25. The molecule has 1 N–H and O–H groups in total. The molecule has 2 aliphatic rings. The second-order valence-corrected chi connectivity index (χ2v) is 4.74. The number of amides is 2. The summed E-state index contributed by atoms with van der Waals surface area (Å²) >= 11 is 0. The van der Waals surface area contributed by atoms with Crippen molar-refractivity contribution < 1.29 is 9.59 Å². The summed E-state index contributed by atoms with van der Waals surface area (Å²) in [5.41, 5.74) is 0. The highest BCUT2D eigenvalue weighted by Crippen LogP contribution is 2.17. The number of hydrogen-bond donors (Lipinski definition) is 1. The molecule has 0 bridgehead atoms. The van der Waals surface area contributed by atoms with Gasteiger partial charge in [0, 0.05) is 19.6 Å². The quantitative estimate of drug-likeness (QED) is 0.653. The fraction of sp³-hybridized carbons (Fsp3) is 0.818. The molecule has 0 radical (unpaired) electrons. The van der Waals surface area contributed by atoms with Crippen LogP contribution in [0.25, 0.3) is 0 Å². The number of carbonyl (C=O) groups is 2. The van der Waals surface area contributed by atoms with Crippen LogP contribution in [0.1, 0.15) is 19.3 Å². The summed E-state index contributed by atoms with van der Waals surface area (Å²) in [4.78, 5) is 26.4. The molecule has 2 heterocycles. The molecule has 2 amide bonds. The number of likely N-dealkylation sites (N-methyl/N-ethyl adjacent to an activating group) is 2. The lowest BCUT2D eigenvalue weighted by molar-refractivity contribution is -0.137. The zero-order chi connectivity index (χ0) is 11.7. The van der Waals surface area contributed by atoms with E-state index in [0.29, 0.717) is 12.5 Å². The van der Waals surface area contributed by atoms with Crippen molar-refractivity contribution in [3.63, 3.8) is 0 Å². The zero-order valence-electron chi connectivity index (χ0n) is 9.90. The van der Waals surface area contributed by atoms with Crippen molar-refractivity contribution in [2.24, 2.45) is 0 Å². The van der Waals surface area contributed by atoms with E-state index in [1.165, 1.54) is 11.3 Å². The van der Waals surface area contributed by atoms with Gasteiger partial charge >= 0.3 is 0 Å². The first-order valence-electron chi connectivity index (χ1n) is 5.83. The van der Waals surface area contributed by atoms with Crippen molar-refractivity contribution in [2.45, 2.75) is 31.3 Å². The van der Waals surface area contributed by atoms with Crippen LogP contribution in [0.5, 0.6) is 0 Å². The van der Waals surface area contributed by atoms with E-state index in [1.54, 1.807) is 7.05 Å². The minimum Gasteiger partial charge on any atom is -0.313 e. The normalized spacial score (nSPS) is 30.8. The standard InChI is InChI=1S/C11H19N3O2/c1-13(7-8-4-3-5-12-8)9-6-10(15)14(2)11(9)16/h8-9,12H,3-7H2,1-2H3. The molecule has 0 aromatic heterocycles. The van der Waals surface area contributed by atoms with E-state index in [9.17, 15) is 9.59 Å². The van der Waals surface area contributed by atoms with E-state index < -0.39 is 0 Å². The number of hydrogen-bond acceptors (Lipinski definition) is 4. The Morgan fingerprint density at radius 3 is 2.75 bits per heavy atom. The lowest BCUT2D eigenvalue weighted by Crippen LogP contribution is -2.44. The highest BCUT2D eigenvalue weighted by atomic mass is 16.2. The second kappa shape index (κ2) is 4.51. The second-order valence-electron chi connectivity index (χ2n) is 4.74. The first kappa shape index (κ1) is 11.5. The third-order valence-electron chi connectivity index (χ3n) is 3.56. The topological polar surface area (TPSA) is 52.7 Å². The summed E-state index contributed by atoms with van der Waals surface area (Å²) in [6, 6.07) is 0.221. The van der Waals surface area contributed by atoms with Crippen LogP contribution in [-0.2, 0) is 9.59 Å². The lowest BCUT2D eigenvalue weighted by atomic mass is 10.1. The molecule has 2 aliphatic heterocycles. The Balaban J connectivity index is 1.91. The summed E-state index contributed by atoms with van der Waals surface area (Å²) in [5.74, 6) is -0.133. The van der Waals surface area contributed by atoms with Crippen LogP contribution in [-0.4, -0.2) is 60.9 Å². The van der Waals surface area contributed by atoms with E-state index in [2.05, 4.69) is 5.32 Å². The molecular weight excluding hydrogens is 206 g/mol. The molecule has 5 nitrogen and oxygen atoms in total. The summed E-state index contributed by atoms with van der Waals surface area (Å²) in [6.45, 7) is 1.91. The van der Waals surface area contributed by atoms with Gasteiger partial charge in [-0.05, 0) is 26.4 Å². The number of nitrogens with one attached hydrogen (secondary N) is 1. The largest absolute Gasteiger partial charge is 0.313 e. The number of nitrogens with zero attached hydrogens (tertiary/aromatic N) is 2. The monoisotopic (exact) mass is 225 g/mol. The predicted molar refractivity (Wildman–Crippen MR) is 59.8 cm³/mol. The van der Waals surface area contributed by atoms with Gasteiger partial charge in [-0.3, -0.25) is 19.4 Å². The first-order chi connectivity index (χ1) is 7.59. The molecule has 0 aliphatic carbocycles. The molecule has 5 heteroatoms. The van der Waals surface area contributed by atoms with E-state index in [1.807, 2.05) is 11.9 Å². The Hall–Kier alpha value is -0.940. The van der Waals surface area contributed by atoms with Gasteiger partial charge in [-0.15, -0.1) is 0 Å². The van der Waals surface area contributed by atoms with Gasteiger partial charge in [0.2, 0.25) is 11.8 Å². The van der Waals surface area contributed by atoms with Crippen LogP contribution < -0.4 is 5.32 Å². The zero-order valence-corrected chi connectivity index (χ0v) is 9.90.